The van der Waals surface area contributed by atoms with Crippen molar-refractivity contribution in [1.82, 2.24) is 19.4 Å². The predicted octanol–water partition coefficient (Wildman–Crippen LogP) is 3.06. The molecule has 1 aliphatic heterocycles. The van der Waals surface area contributed by atoms with Crippen molar-refractivity contribution in [3.05, 3.63) is 66.2 Å². The third kappa shape index (κ3) is 3.88. The van der Waals surface area contributed by atoms with E-state index in [-0.39, 0.29) is 5.91 Å². The number of hydrogen-bond acceptors (Lipinski definition) is 3. The highest BCUT2D eigenvalue weighted by molar-refractivity contribution is 5.98. The molecule has 27 heavy (non-hydrogen) atoms. The van der Waals surface area contributed by atoms with Gasteiger partial charge in [0.05, 0.1) is 0 Å². The van der Waals surface area contributed by atoms with E-state index in [0.29, 0.717) is 0 Å². The van der Waals surface area contributed by atoms with Crippen molar-refractivity contribution < 1.29 is 4.79 Å². The highest BCUT2D eigenvalue weighted by Gasteiger charge is 2.22. The highest BCUT2D eigenvalue weighted by Crippen LogP contribution is 2.17. The zero-order valence-electron chi connectivity index (χ0n) is 15.8. The summed E-state index contributed by atoms with van der Waals surface area (Å²) < 4.78 is 2.23. The van der Waals surface area contributed by atoms with E-state index in [4.69, 9.17) is 0 Å². The first-order chi connectivity index (χ1) is 13.2. The Morgan fingerprint density at radius 2 is 1.78 bits per heavy atom. The summed E-state index contributed by atoms with van der Waals surface area (Å²) in [7, 11) is 0. The molecule has 1 amide bonds. The van der Waals surface area contributed by atoms with Crippen molar-refractivity contribution in [3.63, 3.8) is 0 Å². The molecule has 0 radical (unpaired) electrons. The number of carbonyl (C=O) groups excluding carboxylic acids is 1. The Morgan fingerprint density at radius 3 is 2.56 bits per heavy atom. The van der Waals surface area contributed by atoms with Crippen LogP contribution in [0.1, 0.15) is 23.1 Å². The third-order valence-corrected chi connectivity index (χ3v) is 5.43. The maximum absolute atomic E-state index is 12.9. The summed E-state index contributed by atoms with van der Waals surface area (Å²) in [5.74, 6) is 1.28. The average Bonchev–Trinajstić information content (AvgIpc) is 3.19. The van der Waals surface area contributed by atoms with Crippen LogP contribution in [0.4, 0.5) is 0 Å². The van der Waals surface area contributed by atoms with Crippen LogP contribution in [-0.2, 0) is 13.0 Å². The summed E-state index contributed by atoms with van der Waals surface area (Å²) >= 11 is 0. The maximum atomic E-state index is 12.9. The molecule has 0 atom stereocenters. The molecule has 2 heterocycles. The molecule has 1 aromatic heterocycles. The summed E-state index contributed by atoms with van der Waals surface area (Å²) in [5.41, 5.74) is 0.785. The first kappa shape index (κ1) is 17.7. The molecular weight excluding hydrogens is 336 g/mol. The van der Waals surface area contributed by atoms with Crippen LogP contribution in [0.3, 0.4) is 0 Å². The standard InChI is InChI=1S/C22H26N4O/c1-2-21-23-9-10-25(21)14-11-24-12-15-26(16-13-24)22(27)20-8-7-18-5-3-4-6-19(18)17-20/h3-10,17H,2,11-16H2,1H3. The van der Waals surface area contributed by atoms with E-state index < -0.39 is 0 Å². The minimum Gasteiger partial charge on any atom is -0.336 e. The van der Waals surface area contributed by atoms with Crippen LogP contribution in [0.15, 0.2) is 54.9 Å². The van der Waals surface area contributed by atoms with Gasteiger partial charge in [0.2, 0.25) is 0 Å². The van der Waals surface area contributed by atoms with E-state index in [0.717, 1.165) is 62.5 Å². The summed E-state index contributed by atoms with van der Waals surface area (Å²) in [4.78, 5) is 21.7. The van der Waals surface area contributed by atoms with Crippen LogP contribution >= 0.6 is 0 Å². The van der Waals surface area contributed by atoms with E-state index in [1.807, 2.05) is 41.4 Å². The molecule has 0 bridgehead atoms. The number of benzene rings is 2. The van der Waals surface area contributed by atoms with Gasteiger partial charge in [0, 0.05) is 63.6 Å². The van der Waals surface area contributed by atoms with Gasteiger partial charge in [-0.3, -0.25) is 9.69 Å². The van der Waals surface area contributed by atoms with Crippen LogP contribution in [-0.4, -0.2) is 58.0 Å². The molecule has 4 rings (SSSR count). The van der Waals surface area contributed by atoms with E-state index in [2.05, 4.69) is 39.7 Å². The number of aryl methyl sites for hydroxylation is 1. The van der Waals surface area contributed by atoms with Crippen molar-refractivity contribution in [1.29, 1.82) is 0 Å². The average molecular weight is 362 g/mol. The van der Waals surface area contributed by atoms with Gasteiger partial charge in [-0.25, -0.2) is 4.98 Å². The van der Waals surface area contributed by atoms with Crippen molar-refractivity contribution in [2.45, 2.75) is 19.9 Å². The maximum Gasteiger partial charge on any atom is 0.253 e. The topological polar surface area (TPSA) is 41.4 Å². The zero-order chi connectivity index (χ0) is 18.6. The minimum absolute atomic E-state index is 0.142. The second-order valence-corrected chi connectivity index (χ2v) is 7.09. The monoisotopic (exact) mass is 362 g/mol. The quantitative estimate of drug-likeness (QED) is 0.700. The zero-order valence-corrected chi connectivity index (χ0v) is 15.8. The Bertz CT molecular complexity index is 925. The molecule has 5 heteroatoms. The van der Waals surface area contributed by atoms with Gasteiger partial charge in [-0.15, -0.1) is 0 Å². The molecule has 0 unspecified atom stereocenters. The van der Waals surface area contributed by atoms with Crippen molar-refractivity contribution >= 4 is 16.7 Å². The van der Waals surface area contributed by atoms with E-state index in [1.165, 1.54) is 5.39 Å². The molecule has 0 spiro atoms. The fraction of sp³-hybridized carbons (Fsp3) is 0.364. The third-order valence-electron chi connectivity index (χ3n) is 5.43. The first-order valence-electron chi connectivity index (χ1n) is 9.75. The highest BCUT2D eigenvalue weighted by atomic mass is 16.2. The Morgan fingerprint density at radius 1 is 1.00 bits per heavy atom. The first-order valence-corrected chi connectivity index (χ1v) is 9.75. The molecule has 3 aromatic rings. The largest absolute Gasteiger partial charge is 0.336 e. The van der Waals surface area contributed by atoms with Gasteiger partial charge in [0.15, 0.2) is 0 Å². The Kier molecular flexibility index (Phi) is 5.21. The molecular formula is C22H26N4O. The van der Waals surface area contributed by atoms with Gasteiger partial charge in [0.1, 0.15) is 5.82 Å². The van der Waals surface area contributed by atoms with Crippen molar-refractivity contribution in [2.24, 2.45) is 0 Å². The molecule has 1 aliphatic rings. The lowest BCUT2D eigenvalue weighted by molar-refractivity contribution is 0.0633. The van der Waals surface area contributed by atoms with Crippen molar-refractivity contribution in [3.8, 4) is 0 Å². The number of amides is 1. The van der Waals surface area contributed by atoms with Crippen LogP contribution in [0, 0.1) is 0 Å². The Hall–Kier alpha value is -2.66. The summed E-state index contributed by atoms with van der Waals surface area (Å²) in [5, 5.41) is 2.29. The lowest BCUT2D eigenvalue weighted by Gasteiger charge is -2.35. The van der Waals surface area contributed by atoms with Crippen LogP contribution in [0.2, 0.25) is 0 Å². The fourth-order valence-corrected chi connectivity index (χ4v) is 3.79. The van der Waals surface area contributed by atoms with E-state index in [9.17, 15) is 4.79 Å². The number of hydrogen-bond donors (Lipinski definition) is 0. The smallest absolute Gasteiger partial charge is 0.253 e. The van der Waals surface area contributed by atoms with Gasteiger partial charge < -0.3 is 9.47 Å². The number of piperazine rings is 1. The summed E-state index contributed by atoms with van der Waals surface area (Å²) in [6.45, 7) is 7.52. The number of aromatic nitrogens is 2. The number of nitrogens with zero attached hydrogens (tertiary/aromatic N) is 4. The lowest BCUT2D eigenvalue weighted by Crippen LogP contribution is -2.49. The van der Waals surface area contributed by atoms with Gasteiger partial charge in [-0.2, -0.15) is 0 Å². The van der Waals surface area contributed by atoms with Gasteiger partial charge in [-0.1, -0.05) is 37.3 Å². The minimum atomic E-state index is 0.142. The Balaban J connectivity index is 1.33. The second-order valence-electron chi connectivity index (χ2n) is 7.09. The molecule has 5 nitrogen and oxygen atoms in total. The predicted molar refractivity (Wildman–Crippen MR) is 108 cm³/mol. The number of imidazole rings is 1. The molecule has 0 saturated carbocycles. The van der Waals surface area contributed by atoms with Crippen LogP contribution in [0.25, 0.3) is 10.8 Å². The molecule has 1 fully saturated rings. The molecule has 0 aliphatic carbocycles. The SMILES string of the molecule is CCc1nccn1CCN1CCN(C(=O)c2ccc3ccccc3c2)CC1. The van der Waals surface area contributed by atoms with Crippen LogP contribution in [0.5, 0.6) is 0 Å². The molecule has 0 N–H and O–H groups in total. The fourth-order valence-electron chi connectivity index (χ4n) is 3.79. The lowest BCUT2D eigenvalue weighted by atomic mass is 10.1. The molecule has 140 valence electrons. The second kappa shape index (κ2) is 7.92. The van der Waals surface area contributed by atoms with Crippen LogP contribution < -0.4 is 0 Å². The summed E-state index contributed by atoms with van der Waals surface area (Å²) in [6.07, 6.45) is 4.89. The summed E-state index contributed by atoms with van der Waals surface area (Å²) in [6, 6.07) is 14.2. The van der Waals surface area contributed by atoms with Gasteiger partial charge in [-0.05, 0) is 22.9 Å². The number of carbonyl (C=O) groups is 1. The Labute approximate surface area is 160 Å². The van der Waals surface area contributed by atoms with Crippen molar-refractivity contribution in [2.75, 3.05) is 32.7 Å². The number of rotatable bonds is 5. The normalized spacial score (nSPS) is 15.4. The molecule has 2 aromatic carbocycles. The van der Waals surface area contributed by atoms with E-state index in [1.54, 1.807) is 0 Å². The number of fused-ring (bicyclic) bond motifs is 1. The van der Waals surface area contributed by atoms with Gasteiger partial charge >= 0.3 is 0 Å². The van der Waals surface area contributed by atoms with E-state index >= 15 is 0 Å². The van der Waals surface area contributed by atoms with Gasteiger partial charge in [0.25, 0.3) is 5.91 Å². The molecule has 1 saturated heterocycles.